The molecule has 0 bridgehead atoms. The average Bonchev–Trinajstić information content (AvgIpc) is 2.57. The zero-order valence-corrected chi connectivity index (χ0v) is 12.8. The average molecular weight is 297 g/mol. The maximum atomic E-state index is 5.80. The summed E-state index contributed by atoms with van der Waals surface area (Å²) in [4.78, 5) is 2.16. The molecule has 2 aromatic rings. The molecule has 0 saturated carbocycles. The quantitative estimate of drug-likeness (QED) is 0.757. The molecule has 1 saturated heterocycles. The Morgan fingerprint density at radius 3 is 2.10 bits per heavy atom. The number of hydrogen-bond acceptors (Lipinski definition) is 2. The van der Waals surface area contributed by atoms with E-state index in [1.165, 1.54) is 30.4 Å². The first-order valence-corrected chi connectivity index (χ1v) is 7.86. The van der Waals surface area contributed by atoms with Gasteiger partial charge < -0.3 is 9.64 Å². The molecule has 0 N–H and O–H groups in total. The summed E-state index contributed by atoms with van der Waals surface area (Å²) < 4.78 is 5.80. The monoisotopic (exact) mass is 297 g/mol. The van der Waals surface area contributed by atoms with Gasteiger partial charge in [0.1, 0.15) is 5.75 Å². The topological polar surface area (TPSA) is 12.5 Å². The summed E-state index contributed by atoms with van der Waals surface area (Å²) in [5.41, 5.74) is 2.40. The Morgan fingerprint density at radius 1 is 0.810 bits per heavy atom. The van der Waals surface area contributed by atoms with Crippen LogP contribution in [-0.4, -0.2) is 23.2 Å². The third kappa shape index (κ3) is 3.61. The minimum atomic E-state index is 0.599. The summed E-state index contributed by atoms with van der Waals surface area (Å²) in [5, 5.41) is 0.599. The first-order chi connectivity index (χ1) is 10.3. The zero-order valence-electron chi connectivity index (χ0n) is 12.0. The molecule has 0 spiro atoms. The summed E-state index contributed by atoms with van der Waals surface area (Å²) in [6.45, 7) is 2.03. The van der Waals surface area contributed by atoms with Crippen molar-refractivity contribution in [1.29, 1.82) is 0 Å². The lowest BCUT2D eigenvalue weighted by Gasteiger charge is -2.28. The van der Waals surface area contributed by atoms with E-state index in [1.807, 2.05) is 30.3 Å². The Bertz CT molecular complexity index is 588. The van der Waals surface area contributed by atoms with E-state index in [0.717, 1.165) is 18.8 Å². The van der Waals surface area contributed by atoms with Crippen LogP contribution < -0.4 is 4.74 Å². The summed E-state index contributed by atoms with van der Waals surface area (Å²) >= 11 is 5.39. The number of rotatable bonds is 2. The van der Waals surface area contributed by atoms with Gasteiger partial charge in [0.05, 0.1) is 0 Å². The van der Waals surface area contributed by atoms with Crippen LogP contribution in [0.2, 0.25) is 0 Å². The molecule has 1 heterocycles. The second-order valence-corrected chi connectivity index (χ2v) is 5.66. The van der Waals surface area contributed by atoms with Gasteiger partial charge in [-0.05, 0) is 54.7 Å². The number of nitrogens with zero attached hydrogens (tertiary/aromatic N) is 1. The largest absolute Gasteiger partial charge is 0.432 e. The van der Waals surface area contributed by atoms with Gasteiger partial charge in [0.2, 0.25) is 0 Å². The van der Waals surface area contributed by atoms with Gasteiger partial charge in [-0.2, -0.15) is 0 Å². The first-order valence-electron chi connectivity index (χ1n) is 7.45. The van der Waals surface area contributed by atoms with Gasteiger partial charge in [-0.3, -0.25) is 0 Å². The molecule has 2 nitrogen and oxygen atoms in total. The third-order valence-electron chi connectivity index (χ3n) is 3.78. The maximum Gasteiger partial charge on any atom is 0.264 e. The second kappa shape index (κ2) is 6.72. The summed E-state index contributed by atoms with van der Waals surface area (Å²) in [7, 11) is 0. The molecule has 3 heteroatoms. The van der Waals surface area contributed by atoms with Gasteiger partial charge >= 0.3 is 0 Å². The van der Waals surface area contributed by atoms with Crippen LogP contribution in [0.25, 0.3) is 11.1 Å². The van der Waals surface area contributed by atoms with Crippen molar-refractivity contribution in [3.8, 4) is 16.9 Å². The molecule has 2 aromatic carbocycles. The molecule has 1 aliphatic rings. The van der Waals surface area contributed by atoms with E-state index in [2.05, 4.69) is 29.2 Å². The number of thiocarbonyl (C=S) groups is 1. The minimum absolute atomic E-state index is 0.599. The highest BCUT2D eigenvalue weighted by Gasteiger charge is 2.14. The molecule has 0 radical (unpaired) electrons. The van der Waals surface area contributed by atoms with E-state index >= 15 is 0 Å². The van der Waals surface area contributed by atoms with Crippen molar-refractivity contribution >= 4 is 17.4 Å². The van der Waals surface area contributed by atoms with Crippen molar-refractivity contribution in [3.63, 3.8) is 0 Å². The van der Waals surface area contributed by atoms with Crippen molar-refractivity contribution in [1.82, 2.24) is 4.90 Å². The molecule has 0 atom stereocenters. The fraction of sp³-hybridized carbons (Fsp3) is 0.278. The molecule has 0 unspecified atom stereocenters. The smallest absolute Gasteiger partial charge is 0.264 e. The van der Waals surface area contributed by atoms with Crippen LogP contribution in [0, 0.1) is 0 Å². The lowest BCUT2D eigenvalue weighted by Crippen LogP contribution is -2.37. The van der Waals surface area contributed by atoms with Crippen molar-refractivity contribution in [2.24, 2.45) is 0 Å². The number of piperidine rings is 1. The van der Waals surface area contributed by atoms with E-state index in [4.69, 9.17) is 17.0 Å². The van der Waals surface area contributed by atoms with Gasteiger partial charge in [-0.15, -0.1) is 0 Å². The number of benzene rings is 2. The van der Waals surface area contributed by atoms with Crippen LogP contribution in [0.5, 0.6) is 5.75 Å². The normalized spacial score (nSPS) is 14.8. The van der Waals surface area contributed by atoms with Crippen LogP contribution in [0.3, 0.4) is 0 Å². The molecule has 108 valence electrons. The molecule has 21 heavy (non-hydrogen) atoms. The molecule has 0 aromatic heterocycles. The molecular weight excluding hydrogens is 278 g/mol. The van der Waals surface area contributed by atoms with Crippen LogP contribution in [-0.2, 0) is 0 Å². The highest BCUT2D eigenvalue weighted by Crippen LogP contribution is 2.22. The lowest BCUT2D eigenvalue weighted by atomic mass is 10.1. The molecule has 1 aliphatic heterocycles. The minimum Gasteiger partial charge on any atom is -0.432 e. The Kier molecular flexibility index (Phi) is 4.51. The Balaban J connectivity index is 1.65. The van der Waals surface area contributed by atoms with E-state index in [1.54, 1.807) is 0 Å². The highest BCUT2D eigenvalue weighted by atomic mass is 32.1. The van der Waals surface area contributed by atoms with Crippen LogP contribution in [0.4, 0.5) is 0 Å². The van der Waals surface area contributed by atoms with Gasteiger partial charge in [0, 0.05) is 13.1 Å². The molecular formula is C18H19NOS. The highest BCUT2D eigenvalue weighted by molar-refractivity contribution is 7.80. The van der Waals surface area contributed by atoms with Crippen molar-refractivity contribution in [2.75, 3.05) is 13.1 Å². The Morgan fingerprint density at radius 2 is 1.43 bits per heavy atom. The maximum absolute atomic E-state index is 5.80. The SMILES string of the molecule is S=C(Oc1ccc(-c2ccccc2)cc1)N1CCCCC1. The van der Waals surface area contributed by atoms with E-state index < -0.39 is 0 Å². The van der Waals surface area contributed by atoms with Gasteiger partial charge in [-0.25, -0.2) is 0 Å². The molecule has 3 rings (SSSR count). The van der Waals surface area contributed by atoms with E-state index in [0.29, 0.717) is 5.17 Å². The summed E-state index contributed by atoms with van der Waals surface area (Å²) in [6.07, 6.45) is 3.71. The first kappa shape index (κ1) is 14.1. The number of likely N-dealkylation sites (tertiary alicyclic amines) is 1. The van der Waals surface area contributed by atoms with Crippen molar-refractivity contribution in [3.05, 3.63) is 54.6 Å². The number of hydrogen-bond donors (Lipinski definition) is 0. The van der Waals surface area contributed by atoms with E-state index in [9.17, 15) is 0 Å². The molecule has 0 amide bonds. The van der Waals surface area contributed by atoms with Gasteiger partial charge in [0.15, 0.2) is 0 Å². The van der Waals surface area contributed by atoms with Crippen molar-refractivity contribution < 1.29 is 4.74 Å². The van der Waals surface area contributed by atoms with Crippen LogP contribution in [0.1, 0.15) is 19.3 Å². The predicted octanol–water partition coefficient (Wildman–Crippen LogP) is 4.50. The van der Waals surface area contributed by atoms with Crippen LogP contribution >= 0.6 is 12.2 Å². The van der Waals surface area contributed by atoms with Crippen LogP contribution in [0.15, 0.2) is 54.6 Å². The molecule has 1 fully saturated rings. The lowest BCUT2D eigenvalue weighted by molar-refractivity contribution is 0.300. The standard InChI is InChI=1S/C18H19NOS/c21-18(19-13-5-2-6-14-19)20-17-11-9-16(10-12-17)15-7-3-1-4-8-15/h1,3-4,7-12H,2,5-6,13-14H2. The van der Waals surface area contributed by atoms with Gasteiger partial charge in [-0.1, -0.05) is 42.5 Å². The van der Waals surface area contributed by atoms with E-state index in [-0.39, 0.29) is 0 Å². The Hall–Kier alpha value is -1.87. The fourth-order valence-corrected chi connectivity index (χ4v) is 2.87. The number of ether oxygens (including phenoxy) is 1. The fourth-order valence-electron chi connectivity index (χ4n) is 2.59. The second-order valence-electron chi connectivity index (χ2n) is 5.31. The summed E-state index contributed by atoms with van der Waals surface area (Å²) in [6, 6.07) is 18.4. The molecule has 0 aliphatic carbocycles. The van der Waals surface area contributed by atoms with Gasteiger partial charge in [0.25, 0.3) is 5.17 Å². The third-order valence-corrected chi connectivity index (χ3v) is 4.12. The summed E-state index contributed by atoms with van der Waals surface area (Å²) in [5.74, 6) is 0.810. The predicted molar refractivity (Wildman–Crippen MR) is 90.5 cm³/mol. The van der Waals surface area contributed by atoms with Crippen molar-refractivity contribution in [2.45, 2.75) is 19.3 Å². The zero-order chi connectivity index (χ0) is 14.5. The Labute approximate surface area is 131 Å².